The molecule has 4 nitrogen and oxygen atoms in total. The fourth-order valence-corrected chi connectivity index (χ4v) is 3.78. The third-order valence-electron chi connectivity index (χ3n) is 4.90. The first kappa shape index (κ1) is 20.6. The summed E-state index contributed by atoms with van der Waals surface area (Å²) in [6.45, 7) is 2.49. The Bertz CT molecular complexity index is 804. The number of anilines is 1. The van der Waals surface area contributed by atoms with Crippen LogP contribution in [0.25, 0.3) is 0 Å². The Kier molecular flexibility index (Phi) is 7.69. The molecule has 2 aromatic carbocycles. The fraction of sp³-hybridized carbons (Fsp3) is 0.364. The number of hydrogen-bond acceptors (Lipinski definition) is 2. The summed E-state index contributed by atoms with van der Waals surface area (Å²) in [4.78, 5) is 14.4. The number of rotatable bonds is 6. The van der Waals surface area contributed by atoms with E-state index in [1.165, 1.54) is 6.42 Å². The molecule has 2 N–H and O–H groups in total. The Balaban J connectivity index is 1.41. The number of aryl methyl sites for hydroxylation is 1. The molecule has 2 aromatic rings. The summed E-state index contributed by atoms with van der Waals surface area (Å²) in [5.41, 5.74) is 2.75. The minimum Gasteiger partial charge on any atom is -0.362 e. The molecule has 0 spiro atoms. The van der Waals surface area contributed by atoms with Crippen LogP contribution in [-0.2, 0) is 6.42 Å². The van der Waals surface area contributed by atoms with Crippen LogP contribution in [0.3, 0.4) is 0 Å². The highest BCUT2D eigenvalue weighted by Gasteiger charge is 2.17. The van der Waals surface area contributed by atoms with Crippen molar-refractivity contribution in [1.82, 2.24) is 10.2 Å². The van der Waals surface area contributed by atoms with Crippen LogP contribution in [0.5, 0.6) is 0 Å². The molecule has 0 saturated carbocycles. The van der Waals surface area contributed by atoms with E-state index in [0.29, 0.717) is 5.11 Å². The lowest BCUT2D eigenvalue weighted by Gasteiger charge is -2.26. The number of amides is 1. The minimum atomic E-state index is 0.117. The molecule has 0 unspecified atom stereocenters. The van der Waals surface area contributed by atoms with E-state index in [-0.39, 0.29) is 5.91 Å². The Hall–Kier alpha value is -2.11. The van der Waals surface area contributed by atoms with Crippen LogP contribution in [0.2, 0.25) is 5.02 Å². The summed E-state index contributed by atoms with van der Waals surface area (Å²) >= 11 is 11.5. The van der Waals surface area contributed by atoms with Gasteiger partial charge in [0.05, 0.1) is 0 Å². The lowest BCUT2D eigenvalue weighted by atomic mass is 10.1. The molecule has 0 radical (unpaired) electrons. The number of halogens is 1. The summed E-state index contributed by atoms with van der Waals surface area (Å²) < 4.78 is 0. The van der Waals surface area contributed by atoms with Crippen molar-refractivity contribution in [3.8, 4) is 0 Å². The zero-order chi connectivity index (χ0) is 19.8. The predicted molar refractivity (Wildman–Crippen MR) is 120 cm³/mol. The van der Waals surface area contributed by atoms with Crippen LogP contribution >= 0.6 is 23.8 Å². The SMILES string of the molecule is O=C(c1ccc(NC(=S)NCCCc2ccccc2Cl)cc1)N1CCCCC1. The summed E-state index contributed by atoms with van der Waals surface area (Å²) in [7, 11) is 0. The van der Waals surface area contributed by atoms with E-state index < -0.39 is 0 Å². The molecule has 0 bridgehead atoms. The highest BCUT2D eigenvalue weighted by Crippen LogP contribution is 2.17. The van der Waals surface area contributed by atoms with Crippen molar-refractivity contribution >= 4 is 40.5 Å². The molecule has 0 aromatic heterocycles. The van der Waals surface area contributed by atoms with Gasteiger partial charge in [0.15, 0.2) is 5.11 Å². The maximum absolute atomic E-state index is 12.5. The fourth-order valence-electron chi connectivity index (χ4n) is 3.33. The Morgan fingerprint density at radius 2 is 1.75 bits per heavy atom. The van der Waals surface area contributed by atoms with Gasteiger partial charge in [-0.25, -0.2) is 0 Å². The molecule has 1 heterocycles. The first-order valence-corrected chi connectivity index (χ1v) is 10.6. The van der Waals surface area contributed by atoms with Crippen LogP contribution in [-0.4, -0.2) is 35.6 Å². The van der Waals surface area contributed by atoms with Gasteiger partial charge < -0.3 is 15.5 Å². The van der Waals surface area contributed by atoms with Crippen LogP contribution < -0.4 is 10.6 Å². The van der Waals surface area contributed by atoms with E-state index in [2.05, 4.69) is 10.6 Å². The van der Waals surface area contributed by atoms with E-state index in [4.69, 9.17) is 23.8 Å². The number of piperidine rings is 1. The topological polar surface area (TPSA) is 44.4 Å². The Morgan fingerprint density at radius 1 is 1.04 bits per heavy atom. The maximum Gasteiger partial charge on any atom is 0.253 e. The highest BCUT2D eigenvalue weighted by molar-refractivity contribution is 7.80. The lowest BCUT2D eigenvalue weighted by molar-refractivity contribution is 0.0724. The van der Waals surface area contributed by atoms with Gasteiger partial charge in [-0.1, -0.05) is 29.8 Å². The molecule has 1 aliphatic rings. The van der Waals surface area contributed by atoms with Crippen LogP contribution in [0.15, 0.2) is 48.5 Å². The van der Waals surface area contributed by atoms with Gasteiger partial charge in [0, 0.05) is 35.9 Å². The van der Waals surface area contributed by atoms with Crippen LogP contribution in [0.4, 0.5) is 5.69 Å². The van der Waals surface area contributed by atoms with Gasteiger partial charge in [0.25, 0.3) is 5.91 Å². The Labute approximate surface area is 177 Å². The number of benzene rings is 2. The summed E-state index contributed by atoms with van der Waals surface area (Å²) in [6, 6.07) is 15.4. The number of carbonyl (C=O) groups excluding carboxylic acids is 1. The van der Waals surface area contributed by atoms with E-state index in [1.807, 2.05) is 53.4 Å². The number of nitrogens with zero attached hydrogens (tertiary/aromatic N) is 1. The molecule has 1 saturated heterocycles. The average molecular weight is 416 g/mol. The highest BCUT2D eigenvalue weighted by atomic mass is 35.5. The smallest absolute Gasteiger partial charge is 0.253 e. The molecule has 28 heavy (non-hydrogen) atoms. The molecule has 1 aliphatic heterocycles. The van der Waals surface area contributed by atoms with Crippen molar-refractivity contribution < 1.29 is 4.79 Å². The van der Waals surface area contributed by atoms with Crippen molar-refractivity contribution in [2.75, 3.05) is 25.0 Å². The molecule has 1 amide bonds. The normalized spacial score (nSPS) is 13.8. The maximum atomic E-state index is 12.5. The predicted octanol–water partition coefficient (Wildman–Crippen LogP) is 4.89. The van der Waals surface area contributed by atoms with Crippen molar-refractivity contribution in [3.05, 3.63) is 64.7 Å². The number of nitrogens with one attached hydrogen (secondary N) is 2. The van der Waals surface area contributed by atoms with Gasteiger partial charge in [-0.05, 0) is 80.2 Å². The number of thiocarbonyl (C=S) groups is 1. The Morgan fingerprint density at radius 3 is 2.46 bits per heavy atom. The average Bonchev–Trinajstić information content (AvgIpc) is 2.73. The minimum absolute atomic E-state index is 0.117. The van der Waals surface area contributed by atoms with E-state index in [1.54, 1.807) is 0 Å². The van der Waals surface area contributed by atoms with Crippen LogP contribution in [0, 0.1) is 0 Å². The second-order valence-electron chi connectivity index (χ2n) is 7.01. The number of likely N-dealkylation sites (tertiary alicyclic amines) is 1. The summed E-state index contributed by atoms with van der Waals surface area (Å²) in [6.07, 6.45) is 5.26. The number of carbonyl (C=O) groups is 1. The van der Waals surface area contributed by atoms with Crippen LogP contribution in [0.1, 0.15) is 41.6 Å². The molecule has 6 heteroatoms. The number of hydrogen-bond donors (Lipinski definition) is 2. The lowest BCUT2D eigenvalue weighted by Crippen LogP contribution is -2.35. The molecule has 1 fully saturated rings. The van der Waals surface area contributed by atoms with Gasteiger partial charge in [0.1, 0.15) is 0 Å². The van der Waals surface area contributed by atoms with Gasteiger partial charge in [-0.2, -0.15) is 0 Å². The molecule has 0 aliphatic carbocycles. The van der Waals surface area contributed by atoms with E-state index in [9.17, 15) is 4.79 Å². The van der Waals surface area contributed by atoms with E-state index in [0.717, 1.165) is 67.2 Å². The largest absolute Gasteiger partial charge is 0.362 e. The quantitative estimate of drug-likeness (QED) is 0.521. The summed E-state index contributed by atoms with van der Waals surface area (Å²) in [5, 5.41) is 7.76. The first-order valence-electron chi connectivity index (χ1n) is 9.81. The second kappa shape index (κ2) is 10.4. The first-order chi connectivity index (χ1) is 13.6. The molecular weight excluding hydrogens is 390 g/mol. The van der Waals surface area contributed by atoms with Gasteiger partial charge in [-0.15, -0.1) is 0 Å². The second-order valence-corrected chi connectivity index (χ2v) is 7.82. The molecule has 3 rings (SSSR count). The third-order valence-corrected chi connectivity index (χ3v) is 5.51. The monoisotopic (exact) mass is 415 g/mol. The van der Waals surface area contributed by atoms with Crippen molar-refractivity contribution in [1.29, 1.82) is 0 Å². The van der Waals surface area contributed by atoms with Gasteiger partial charge in [0.2, 0.25) is 0 Å². The summed E-state index contributed by atoms with van der Waals surface area (Å²) in [5.74, 6) is 0.117. The van der Waals surface area contributed by atoms with Crippen molar-refractivity contribution in [2.24, 2.45) is 0 Å². The molecule has 0 atom stereocenters. The van der Waals surface area contributed by atoms with E-state index >= 15 is 0 Å². The zero-order valence-corrected chi connectivity index (χ0v) is 17.5. The third kappa shape index (κ3) is 5.94. The molecule has 148 valence electrons. The zero-order valence-electron chi connectivity index (χ0n) is 15.9. The van der Waals surface area contributed by atoms with Crippen molar-refractivity contribution in [2.45, 2.75) is 32.1 Å². The standard InChI is InChI=1S/C22H26ClN3OS/c23-20-9-3-2-7-17(20)8-6-14-24-22(28)25-19-12-10-18(11-13-19)21(27)26-15-4-1-5-16-26/h2-3,7,9-13H,1,4-6,8,14-16H2,(H2,24,25,28). The van der Waals surface area contributed by atoms with Gasteiger partial charge in [-0.3, -0.25) is 4.79 Å². The molecular formula is C22H26ClN3OS. The van der Waals surface area contributed by atoms with Crippen molar-refractivity contribution in [3.63, 3.8) is 0 Å². The van der Waals surface area contributed by atoms with Gasteiger partial charge >= 0.3 is 0 Å².